The van der Waals surface area contributed by atoms with Crippen molar-refractivity contribution in [3.63, 3.8) is 0 Å². The zero-order chi connectivity index (χ0) is 20.5. The van der Waals surface area contributed by atoms with Gasteiger partial charge >= 0.3 is 0 Å². The van der Waals surface area contributed by atoms with Crippen molar-refractivity contribution in [3.8, 4) is 11.3 Å². The number of aromatic nitrogens is 1. The van der Waals surface area contributed by atoms with Crippen LogP contribution in [0.1, 0.15) is 17.0 Å². The fraction of sp³-hybridized carbons (Fsp3) is 0.130. The Bertz CT molecular complexity index is 1200. The molecular weight excluding hydrogens is 407 g/mol. The first-order valence-corrected chi connectivity index (χ1v) is 9.92. The molecule has 0 spiro atoms. The van der Waals surface area contributed by atoms with E-state index >= 15 is 0 Å². The fourth-order valence-corrected chi connectivity index (χ4v) is 4.54. The smallest absolute Gasteiger partial charge is 0.214 e. The Labute approximate surface area is 178 Å². The van der Waals surface area contributed by atoms with E-state index in [4.69, 9.17) is 23.2 Å². The van der Waals surface area contributed by atoms with Crippen LogP contribution in [-0.4, -0.2) is 16.0 Å². The molecule has 0 fully saturated rings. The molecule has 0 unspecified atom stereocenters. The quantitative estimate of drug-likeness (QED) is 0.269. The molecule has 1 atom stereocenters. The summed E-state index contributed by atoms with van der Waals surface area (Å²) in [6, 6.07) is 23.0. The van der Waals surface area contributed by atoms with Gasteiger partial charge < -0.3 is 4.57 Å². The summed E-state index contributed by atoms with van der Waals surface area (Å²) >= 11 is 12.6. The van der Waals surface area contributed by atoms with E-state index in [9.17, 15) is 10.1 Å². The first-order chi connectivity index (χ1) is 14.0. The lowest BCUT2D eigenvalue weighted by Gasteiger charge is -2.18. The topological polar surface area (TPSA) is 48.1 Å². The minimum atomic E-state index is -0.518. The molecule has 0 saturated carbocycles. The third-order valence-electron chi connectivity index (χ3n) is 5.21. The van der Waals surface area contributed by atoms with Crippen LogP contribution in [0.3, 0.4) is 0 Å². The van der Waals surface area contributed by atoms with Crippen LogP contribution in [0, 0.1) is 10.1 Å². The Hall–Kier alpha value is -2.82. The maximum Gasteiger partial charge on any atom is 0.214 e. The van der Waals surface area contributed by atoms with Crippen LogP contribution in [0.15, 0.2) is 72.8 Å². The van der Waals surface area contributed by atoms with Gasteiger partial charge in [-0.2, -0.15) is 0 Å². The van der Waals surface area contributed by atoms with Crippen molar-refractivity contribution in [3.05, 3.63) is 104 Å². The van der Waals surface area contributed by atoms with Gasteiger partial charge in [-0.3, -0.25) is 10.1 Å². The van der Waals surface area contributed by atoms with Crippen LogP contribution in [0.5, 0.6) is 0 Å². The Morgan fingerprint density at radius 1 is 1.00 bits per heavy atom. The summed E-state index contributed by atoms with van der Waals surface area (Å²) in [5.41, 5.74) is 4.56. The highest BCUT2D eigenvalue weighted by Crippen LogP contribution is 2.42. The number of para-hydroxylation sites is 1. The molecule has 0 saturated heterocycles. The average molecular weight is 425 g/mol. The van der Waals surface area contributed by atoms with Crippen molar-refractivity contribution < 1.29 is 4.92 Å². The van der Waals surface area contributed by atoms with Crippen LogP contribution in [-0.2, 0) is 7.05 Å². The molecular formula is C23H18Cl2N2O2. The molecule has 29 heavy (non-hydrogen) atoms. The number of nitro groups is 1. The van der Waals surface area contributed by atoms with E-state index in [0.717, 1.165) is 27.7 Å². The van der Waals surface area contributed by atoms with E-state index in [1.54, 1.807) is 18.2 Å². The second kappa shape index (κ2) is 7.90. The molecule has 0 aliphatic carbocycles. The minimum Gasteiger partial charge on any atom is -0.343 e. The molecule has 1 aromatic heterocycles. The van der Waals surface area contributed by atoms with Gasteiger partial charge in [0, 0.05) is 32.9 Å². The zero-order valence-corrected chi connectivity index (χ0v) is 17.2. The molecule has 0 bridgehead atoms. The van der Waals surface area contributed by atoms with E-state index in [-0.39, 0.29) is 11.5 Å². The van der Waals surface area contributed by atoms with Gasteiger partial charge in [-0.05, 0) is 34.9 Å². The second-order valence-electron chi connectivity index (χ2n) is 6.94. The predicted octanol–water partition coefficient (Wildman–Crippen LogP) is 6.56. The van der Waals surface area contributed by atoms with Crippen LogP contribution < -0.4 is 0 Å². The number of nitrogens with zero attached hydrogens (tertiary/aromatic N) is 2. The molecule has 0 radical (unpaired) electrons. The Balaban J connectivity index is 2.07. The van der Waals surface area contributed by atoms with Crippen molar-refractivity contribution in [1.82, 2.24) is 4.57 Å². The highest BCUT2D eigenvalue weighted by molar-refractivity contribution is 6.35. The molecule has 6 heteroatoms. The maximum atomic E-state index is 11.7. The minimum absolute atomic E-state index is 0.269. The van der Waals surface area contributed by atoms with Gasteiger partial charge in [0.1, 0.15) is 0 Å². The van der Waals surface area contributed by atoms with Crippen LogP contribution in [0.4, 0.5) is 0 Å². The molecule has 4 rings (SSSR count). The third kappa shape index (κ3) is 3.61. The second-order valence-corrected chi connectivity index (χ2v) is 7.78. The SMILES string of the molecule is Cn1c(-c2ccccc2)c([C@H](C[N+](=O)[O-])c2ccc(Cl)cc2Cl)c2ccccc21. The summed E-state index contributed by atoms with van der Waals surface area (Å²) in [6.45, 7) is -0.269. The number of rotatable bonds is 5. The summed E-state index contributed by atoms with van der Waals surface area (Å²) in [6.07, 6.45) is 0. The summed E-state index contributed by atoms with van der Waals surface area (Å²) < 4.78 is 2.09. The predicted molar refractivity (Wildman–Crippen MR) is 119 cm³/mol. The number of benzene rings is 3. The van der Waals surface area contributed by atoms with Crippen molar-refractivity contribution in [1.29, 1.82) is 0 Å². The van der Waals surface area contributed by atoms with E-state index in [1.807, 2.05) is 61.6 Å². The molecule has 0 amide bonds. The summed E-state index contributed by atoms with van der Waals surface area (Å²) in [7, 11) is 1.99. The van der Waals surface area contributed by atoms with Crippen molar-refractivity contribution in [2.45, 2.75) is 5.92 Å². The Morgan fingerprint density at radius 2 is 1.69 bits per heavy atom. The molecule has 4 nitrogen and oxygen atoms in total. The van der Waals surface area contributed by atoms with Crippen molar-refractivity contribution in [2.75, 3.05) is 6.54 Å². The van der Waals surface area contributed by atoms with Gasteiger partial charge in [0.2, 0.25) is 6.54 Å². The zero-order valence-electron chi connectivity index (χ0n) is 15.7. The summed E-state index contributed by atoms with van der Waals surface area (Å²) in [5, 5.41) is 13.6. The lowest BCUT2D eigenvalue weighted by molar-refractivity contribution is -0.481. The number of halogens is 2. The lowest BCUT2D eigenvalue weighted by atomic mass is 9.87. The molecule has 146 valence electrons. The molecule has 0 aliphatic rings. The van der Waals surface area contributed by atoms with Gasteiger partial charge in [-0.25, -0.2) is 0 Å². The van der Waals surface area contributed by atoms with Gasteiger partial charge in [0.15, 0.2) is 0 Å². The largest absolute Gasteiger partial charge is 0.343 e. The molecule has 3 aromatic carbocycles. The van der Waals surface area contributed by atoms with Gasteiger partial charge in [0.25, 0.3) is 0 Å². The standard InChI is InChI=1S/C23H18Cl2N2O2/c1-26-21-10-6-5-9-18(21)22(23(26)15-7-3-2-4-8-15)19(14-27(28)29)17-12-11-16(24)13-20(17)25/h2-13,19H,14H2,1H3/t19-/m1/s1. The first-order valence-electron chi connectivity index (χ1n) is 9.17. The highest BCUT2D eigenvalue weighted by atomic mass is 35.5. The average Bonchev–Trinajstić information content (AvgIpc) is 3.00. The van der Waals surface area contributed by atoms with Crippen LogP contribution in [0.2, 0.25) is 10.0 Å². The van der Waals surface area contributed by atoms with Crippen molar-refractivity contribution in [2.24, 2.45) is 7.05 Å². The first kappa shape index (κ1) is 19.5. The van der Waals surface area contributed by atoms with Crippen LogP contribution in [0.25, 0.3) is 22.2 Å². The number of fused-ring (bicyclic) bond motifs is 1. The van der Waals surface area contributed by atoms with Crippen molar-refractivity contribution >= 4 is 34.1 Å². The van der Waals surface area contributed by atoms with Gasteiger partial charge in [0.05, 0.1) is 11.6 Å². The normalized spacial score (nSPS) is 12.2. The highest BCUT2D eigenvalue weighted by Gasteiger charge is 2.30. The summed E-state index contributed by atoms with van der Waals surface area (Å²) in [5.74, 6) is -0.518. The molecule has 0 N–H and O–H groups in total. The molecule has 0 aliphatic heterocycles. The molecule has 1 heterocycles. The van der Waals surface area contributed by atoms with E-state index in [1.165, 1.54) is 0 Å². The van der Waals surface area contributed by atoms with Gasteiger partial charge in [-0.15, -0.1) is 0 Å². The van der Waals surface area contributed by atoms with E-state index < -0.39 is 5.92 Å². The lowest BCUT2D eigenvalue weighted by Crippen LogP contribution is -2.15. The summed E-state index contributed by atoms with van der Waals surface area (Å²) in [4.78, 5) is 11.4. The monoisotopic (exact) mass is 424 g/mol. The number of aryl methyl sites for hydroxylation is 1. The third-order valence-corrected chi connectivity index (χ3v) is 5.77. The Kier molecular flexibility index (Phi) is 5.31. The van der Waals surface area contributed by atoms with E-state index in [0.29, 0.717) is 15.6 Å². The Morgan fingerprint density at radius 3 is 2.38 bits per heavy atom. The number of hydrogen-bond donors (Lipinski definition) is 0. The number of hydrogen-bond acceptors (Lipinski definition) is 2. The maximum absolute atomic E-state index is 11.7. The fourth-order valence-electron chi connectivity index (χ4n) is 4.00. The van der Waals surface area contributed by atoms with Gasteiger partial charge in [-0.1, -0.05) is 77.8 Å². The van der Waals surface area contributed by atoms with Crippen LogP contribution >= 0.6 is 23.2 Å². The molecule has 4 aromatic rings. The van der Waals surface area contributed by atoms with E-state index in [2.05, 4.69) is 4.57 Å².